The quantitative estimate of drug-likeness (QED) is 0.239. The molecule has 0 saturated carbocycles. The third kappa shape index (κ3) is 3.70. The lowest BCUT2D eigenvalue weighted by atomic mass is 9.83. The van der Waals surface area contributed by atoms with Crippen LogP contribution in [0.25, 0.3) is 38.0 Å². The molecule has 196 valence electrons. The number of aromatic nitrogens is 4. The number of nitrogens with zero attached hydrogens (tertiary/aromatic N) is 4. The lowest BCUT2D eigenvalue weighted by Gasteiger charge is -2.31. The Kier molecular flexibility index (Phi) is 5.67. The van der Waals surface area contributed by atoms with Gasteiger partial charge in [-0.1, -0.05) is 48.5 Å². The molecule has 2 unspecified atom stereocenters. The van der Waals surface area contributed by atoms with Gasteiger partial charge in [-0.05, 0) is 36.8 Å². The van der Waals surface area contributed by atoms with E-state index in [0.29, 0.717) is 45.2 Å². The molecule has 0 saturated heterocycles. The predicted molar refractivity (Wildman–Crippen MR) is 154 cm³/mol. The van der Waals surface area contributed by atoms with Gasteiger partial charge in [-0.2, -0.15) is 5.10 Å². The third-order valence-electron chi connectivity index (χ3n) is 7.32. The maximum Gasteiger partial charge on any atom is 0.164 e. The minimum Gasteiger partial charge on any atom is -0.459 e. The zero-order valence-electron chi connectivity index (χ0n) is 21.3. The van der Waals surface area contributed by atoms with E-state index in [1.807, 2.05) is 43.3 Å². The summed E-state index contributed by atoms with van der Waals surface area (Å²) in [6.07, 6.45) is 2.28. The van der Waals surface area contributed by atoms with Crippen LogP contribution in [0.4, 0.5) is 10.2 Å². The molecule has 0 aliphatic carbocycles. The highest BCUT2D eigenvalue weighted by Gasteiger charge is 2.35. The highest BCUT2D eigenvalue weighted by atomic mass is 32.1. The summed E-state index contributed by atoms with van der Waals surface area (Å²) in [5.41, 5.74) is 10.4. The van der Waals surface area contributed by atoms with Gasteiger partial charge in [0.15, 0.2) is 5.65 Å². The van der Waals surface area contributed by atoms with Crippen molar-refractivity contribution in [1.82, 2.24) is 19.7 Å². The Morgan fingerprint density at radius 2 is 1.90 bits per heavy atom. The summed E-state index contributed by atoms with van der Waals surface area (Å²) in [7, 11) is 0. The number of allylic oxidation sites excluding steroid dienone is 2. The van der Waals surface area contributed by atoms with Crippen molar-refractivity contribution in [3.8, 4) is 17.0 Å². The van der Waals surface area contributed by atoms with Crippen molar-refractivity contribution < 1.29 is 13.9 Å². The Bertz CT molecular complexity index is 1980. The van der Waals surface area contributed by atoms with Crippen LogP contribution in [0.2, 0.25) is 0 Å². The van der Waals surface area contributed by atoms with Crippen LogP contribution < -0.4 is 10.5 Å². The van der Waals surface area contributed by atoms with Crippen molar-refractivity contribution in [2.75, 3.05) is 5.73 Å². The van der Waals surface area contributed by atoms with E-state index in [9.17, 15) is 9.18 Å². The van der Waals surface area contributed by atoms with E-state index in [0.717, 1.165) is 27.5 Å². The lowest BCUT2D eigenvalue weighted by Crippen LogP contribution is -2.23. The molecular formula is C31H22FN5O2S. The van der Waals surface area contributed by atoms with Gasteiger partial charge >= 0.3 is 0 Å². The number of nitrogen functional groups attached to an aromatic ring is 1. The van der Waals surface area contributed by atoms with E-state index >= 15 is 0 Å². The monoisotopic (exact) mass is 547 g/mol. The fourth-order valence-electron chi connectivity index (χ4n) is 5.47. The smallest absolute Gasteiger partial charge is 0.164 e. The first kappa shape index (κ1) is 24.2. The number of benzene rings is 3. The number of hydrogen-bond acceptors (Lipinski definition) is 7. The second-order valence-corrected chi connectivity index (χ2v) is 10.5. The van der Waals surface area contributed by atoms with Gasteiger partial charge in [-0.3, -0.25) is 0 Å². The average Bonchev–Trinajstić information content (AvgIpc) is 3.58. The normalized spacial score (nSPS) is 15.7. The number of halogens is 1. The molecule has 0 fully saturated rings. The van der Waals surface area contributed by atoms with E-state index in [1.165, 1.54) is 18.5 Å². The van der Waals surface area contributed by atoms with E-state index in [1.54, 1.807) is 28.2 Å². The Balaban J connectivity index is 1.48. The van der Waals surface area contributed by atoms with Crippen molar-refractivity contribution in [2.45, 2.75) is 18.9 Å². The van der Waals surface area contributed by atoms with Gasteiger partial charge in [0, 0.05) is 32.2 Å². The van der Waals surface area contributed by atoms with Crippen LogP contribution in [0.3, 0.4) is 0 Å². The summed E-state index contributed by atoms with van der Waals surface area (Å²) in [6, 6.07) is 21.2. The maximum absolute atomic E-state index is 14.4. The minimum absolute atomic E-state index is 0.314. The number of para-hydroxylation sites is 1. The molecule has 0 bridgehead atoms. The molecule has 4 heterocycles. The Morgan fingerprint density at radius 1 is 1.07 bits per heavy atom. The van der Waals surface area contributed by atoms with Gasteiger partial charge in [0.1, 0.15) is 47.5 Å². The zero-order valence-corrected chi connectivity index (χ0v) is 22.1. The molecule has 7 nitrogen and oxygen atoms in total. The van der Waals surface area contributed by atoms with Crippen molar-refractivity contribution >= 4 is 50.1 Å². The molecule has 7 rings (SSSR count). The summed E-state index contributed by atoms with van der Waals surface area (Å²) in [4.78, 5) is 21.4. The molecule has 0 spiro atoms. The van der Waals surface area contributed by atoms with Gasteiger partial charge in [0.25, 0.3) is 0 Å². The molecular weight excluding hydrogens is 525 g/mol. The summed E-state index contributed by atoms with van der Waals surface area (Å²) in [6.45, 7) is 1.92. The first-order chi connectivity index (χ1) is 19.5. The molecule has 2 N–H and O–H groups in total. The van der Waals surface area contributed by atoms with Crippen LogP contribution in [-0.2, 0) is 4.79 Å². The van der Waals surface area contributed by atoms with Crippen molar-refractivity contribution in [1.29, 1.82) is 0 Å². The van der Waals surface area contributed by atoms with E-state index in [4.69, 9.17) is 15.6 Å². The van der Waals surface area contributed by atoms with Crippen LogP contribution in [0, 0.1) is 5.82 Å². The van der Waals surface area contributed by atoms with Crippen LogP contribution in [-0.4, -0.2) is 26.0 Å². The second-order valence-electron chi connectivity index (χ2n) is 9.61. The van der Waals surface area contributed by atoms with Crippen LogP contribution in [0.5, 0.6) is 5.75 Å². The SMILES string of the molecule is CC(C1=C(c2cccc(F)c2)C(C=O)c2ccccc2O1)n1nc(-c2csc3ccccc23)c2c(N)ncnc21. The molecule has 3 aromatic heterocycles. The lowest BCUT2D eigenvalue weighted by molar-refractivity contribution is -0.108. The molecule has 0 amide bonds. The number of fused-ring (bicyclic) bond motifs is 3. The number of ether oxygens (including phenoxy) is 1. The van der Waals surface area contributed by atoms with Crippen LogP contribution in [0.1, 0.15) is 30.0 Å². The fourth-order valence-corrected chi connectivity index (χ4v) is 6.41. The second kappa shape index (κ2) is 9.39. The Hall–Kier alpha value is -4.89. The van der Waals surface area contributed by atoms with Gasteiger partial charge in [-0.25, -0.2) is 19.0 Å². The summed E-state index contributed by atoms with van der Waals surface area (Å²) < 4.78 is 23.8. The van der Waals surface area contributed by atoms with E-state index < -0.39 is 17.8 Å². The highest BCUT2D eigenvalue weighted by molar-refractivity contribution is 7.17. The largest absolute Gasteiger partial charge is 0.459 e. The molecule has 3 aromatic carbocycles. The molecule has 2 atom stereocenters. The van der Waals surface area contributed by atoms with E-state index in [2.05, 4.69) is 27.5 Å². The van der Waals surface area contributed by atoms with Crippen molar-refractivity contribution in [3.63, 3.8) is 0 Å². The topological polar surface area (TPSA) is 95.9 Å². The number of aldehydes is 1. The van der Waals surface area contributed by atoms with Crippen LogP contribution in [0.15, 0.2) is 90.3 Å². The number of nitrogens with two attached hydrogens (primary N) is 1. The Morgan fingerprint density at radius 3 is 2.75 bits per heavy atom. The minimum atomic E-state index is -0.661. The zero-order chi connectivity index (χ0) is 27.4. The van der Waals surface area contributed by atoms with Gasteiger partial charge in [0.2, 0.25) is 0 Å². The summed E-state index contributed by atoms with van der Waals surface area (Å²) in [5, 5.41) is 8.78. The standard InChI is InChI=1S/C31H22FN5O2S/c1-17(29-26(18-7-6-8-19(32)13-18)22(14-38)20-9-2-4-11-24(20)39-29)37-31-27(30(33)34-16-35-31)28(36-37)23-15-40-25-12-5-3-10-21(23)25/h2-17,22H,1H3,(H2,33,34,35). The molecule has 40 heavy (non-hydrogen) atoms. The molecule has 1 aliphatic rings. The first-order valence-electron chi connectivity index (χ1n) is 12.7. The van der Waals surface area contributed by atoms with Gasteiger partial charge < -0.3 is 15.3 Å². The van der Waals surface area contributed by atoms with Gasteiger partial charge in [-0.15, -0.1) is 11.3 Å². The number of rotatable bonds is 5. The summed E-state index contributed by atoms with van der Waals surface area (Å²) in [5.74, 6) is 0.290. The number of anilines is 1. The molecule has 9 heteroatoms. The summed E-state index contributed by atoms with van der Waals surface area (Å²) >= 11 is 1.62. The number of carbonyl (C=O) groups is 1. The fraction of sp³-hybridized carbons (Fsp3) is 0.0968. The third-order valence-corrected chi connectivity index (χ3v) is 8.29. The Labute approximate surface area is 232 Å². The van der Waals surface area contributed by atoms with E-state index in [-0.39, 0.29) is 0 Å². The maximum atomic E-state index is 14.4. The van der Waals surface area contributed by atoms with Crippen molar-refractivity contribution in [2.24, 2.45) is 0 Å². The van der Waals surface area contributed by atoms with Gasteiger partial charge in [0.05, 0.1) is 11.3 Å². The highest BCUT2D eigenvalue weighted by Crippen LogP contribution is 2.47. The number of hydrogen-bond donors (Lipinski definition) is 1. The molecule has 1 aliphatic heterocycles. The molecule has 6 aromatic rings. The first-order valence-corrected chi connectivity index (χ1v) is 13.6. The van der Waals surface area contributed by atoms with Crippen molar-refractivity contribution in [3.05, 3.63) is 107 Å². The predicted octanol–water partition coefficient (Wildman–Crippen LogP) is 6.78. The van der Waals surface area contributed by atoms with Crippen LogP contribution >= 0.6 is 11.3 Å². The average molecular weight is 548 g/mol. The number of thiophene rings is 1. The molecule has 0 radical (unpaired) electrons. The number of carbonyl (C=O) groups excluding carboxylic acids is 1.